The van der Waals surface area contributed by atoms with Crippen LogP contribution in [-0.2, 0) is 124 Å². The molecular weight excluding hydrogens is 1700 g/mol. The maximum atomic E-state index is 13.3. The molecule has 0 unspecified atom stereocenters. The van der Waals surface area contributed by atoms with E-state index >= 15 is 0 Å². The molecule has 0 aromatic heterocycles. The summed E-state index contributed by atoms with van der Waals surface area (Å²) in [7, 11) is -4.74. The van der Waals surface area contributed by atoms with Crippen molar-refractivity contribution in [1.82, 2.24) is 17.2 Å². The Morgan fingerprint density at radius 3 is 1.51 bits per heavy atom. The second-order valence-corrected chi connectivity index (χ2v) is 58.3. The summed E-state index contributed by atoms with van der Waals surface area (Å²) in [6.45, 7) is 49.0. The summed E-state index contributed by atoms with van der Waals surface area (Å²) in [5.74, 6) is -0.890. The molecule has 0 spiro atoms. The molecule has 2 saturated heterocycles. The summed E-state index contributed by atoms with van der Waals surface area (Å²) in [6.07, 6.45) is 22.5. The number of benzene rings is 4. The van der Waals surface area contributed by atoms with Gasteiger partial charge in [-0.25, -0.2) is 34.5 Å². The van der Waals surface area contributed by atoms with E-state index in [1.807, 2.05) is 224 Å². The van der Waals surface area contributed by atoms with E-state index in [9.17, 15) is 36.0 Å². The van der Waals surface area contributed by atoms with Gasteiger partial charge >= 0.3 is 132 Å². The van der Waals surface area contributed by atoms with Gasteiger partial charge in [-0.3, -0.25) is 18.7 Å². The minimum Gasteiger partial charge on any atom is -0.465 e. The molecule has 16 nitrogen and oxygen atoms in total. The van der Waals surface area contributed by atoms with Gasteiger partial charge in [-0.05, 0) is 229 Å². The predicted octanol–water partition coefficient (Wildman–Crippen LogP) is 18.2. The van der Waals surface area contributed by atoms with E-state index in [1.165, 1.54) is 48.5 Å². The van der Waals surface area contributed by atoms with Gasteiger partial charge in [-0.1, -0.05) is 103 Å². The Morgan fingerprint density at radius 1 is 0.536 bits per heavy atom. The summed E-state index contributed by atoms with van der Waals surface area (Å²) >= 11 is 0.521. The van der Waals surface area contributed by atoms with Gasteiger partial charge in [0.25, 0.3) is 0 Å². The van der Waals surface area contributed by atoms with Crippen LogP contribution >= 0.6 is 22.6 Å². The molecule has 0 amide bonds. The number of rotatable bonds is 27. The van der Waals surface area contributed by atoms with Crippen LogP contribution in [0.1, 0.15) is 222 Å². The molecular formula is C90H133IN4O12S4Sn. The number of nitrogens with zero attached hydrogens (tertiary/aromatic N) is 4. The van der Waals surface area contributed by atoms with E-state index in [0.29, 0.717) is 77.3 Å². The maximum Gasteiger partial charge on any atom is 0.335 e. The number of ether oxygens (including phenoxy) is 4. The number of esters is 4. The van der Waals surface area contributed by atoms with Crippen molar-refractivity contribution < 1.29 is 55.0 Å². The molecule has 4 heterocycles. The maximum absolute atomic E-state index is 13.3. The molecule has 7 aliphatic rings. The fourth-order valence-corrected chi connectivity index (χ4v) is 38.6. The van der Waals surface area contributed by atoms with Crippen LogP contribution in [0.5, 0.6) is 0 Å². The Labute approximate surface area is 701 Å². The van der Waals surface area contributed by atoms with Gasteiger partial charge in [-0.15, -0.1) is 6.58 Å². The van der Waals surface area contributed by atoms with E-state index in [-0.39, 0.29) is 73.0 Å². The van der Waals surface area contributed by atoms with Gasteiger partial charge in [-0.2, -0.15) is 0 Å². The fraction of sp³-hybridized carbons (Fsp3) is 0.600. The topological polar surface area (TPSA) is 186 Å². The molecule has 4 aromatic carbocycles. The van der Waals surface area contributed by atoms with Crippen LogP contribution in [-0.4, -0.2) is 166 Å². The third kappa shape index (κ3) is 21.0. The summed E-state index contributed by atoms with van der Waals surface area (Å²) in [6, 6.07) is 31.6. The molecule has 12 atom stereocenters. The second kappa shape index (κ2) is 41.3. The van der Waals surface area contributed by atoms with Crippen LogP contribution in [0.25, 0.3) is 0 Å². The Morgan fingerprint density at radius 2 is 0.991 bits per heavy atom. The van der Waals surface area contributed by atoms with Gasteiger partial charge in [0.05, 0.1) is 63.1 Å². The zero-order valence-corrected chi connectivity index (χ0v) is 79.2. The zero-order chi connectivity index (χ0) is 83.0. The number of hydrogen-bond acceptors (Lipinski definition) is 12. The Hall–Kier alpha value is -4.47. The first-order chi connectivity index (χ1) is 52.9. The third-order valence-electron chi connectivity index (χ3n) is 22.6. The first-order valence-corrected chi connectivity index (χ1v) is 54.5. The molecule has 0 bridgehead atoms. The Bertz CT molecular complexity index is 4040. The minimum atomic E-state index is -1.78. The Balaban J connectivity index is 0.000000196. The van der Waals surface area contributed by atoms with Crippen LogP contribution < -0.4 is 0 Å². The molecule has 4 aliphatic heterocycles. The number of unbranched alkanes of at least 4 members (excludes halogenated alkanes) is 3. The molecule has 0 radical (unpaired) electrons. The van der Waals surface area contributed by atoms with E-state index in [2.05, 4.69) is 80.8 Å². The predicted molar refractivity (Wildman–Crippen MR) is 474 cm³/mol. The number of fused-ring (bicyclic) bond motifs is 9. The van der Waals surface area contributed by atoms with Crippen molar-refractivity contribution in [2.24, 2.45) is 5.92 Å². The van der Waals surface area contributed by atoms with Crippen LogP contribution in [0, 0.1) is 9.49 Å². The van der Waals surface area contributed by atoms with E-state index < -0.39 is 78.6 Å². The molecule has 112 heavy (non-hydrogen) atoms. The van der Waals surface area contributed by atoms with Crippen molar-refractivity contribution in [3.63, 3.8) is 0 Å². The smallest absolute Gasteiger partial charge is 0.335 e. The molecule has 0 saturated carbocycles. The summed E-state index contributed by atoms with van der Waals surface area (Å²) in [5.41, 5.74) is 6.07. The average molecular weight is 1840 g/mol. The quantitative estimate of drug-likeness (QED) is 0.0181. The van der Waals surface area contributed by atoms with Gasteiger partial charge < -0.3 is 18.9 Å². The summed E-state index contributed by atoms with van der Waals surface area (Å²) in [5, 5.41) is 0. The van der Waals surface area contributed by atoms with Gasteiger partial charge in [0.1, 0.15) is 60.2 Å². The van der Waals surface area contributed by atoms with Crippen molar-refractivity contribution >= 4 is 109 Å². The van der Waals surface area contributed by atoms with Gasteiger partial charge in [0.2, 0.25) is 0 Å². The van der Waals surface area contributed by atoms with Crippen LogP contribution in [0.3, 0.4) is 0 Å². The fourth-order valence-electron chi connectivity index (χ4n) is 17.4. The minimum absolute atomic E-state index is 0.0130. The summed E-state index contributed by atoms with van der Waals surface area (Å²) in [4.78, 5) is 51.4. The Kier molecular flexibility index (Phi) is 34.9. The number of carbonyl (C=O) groups excluding carboxylic acids is 4. The second-order valence-electron chi connectivity index (χ2n) is 34.4. The molecule has 3 aliphatic carbocycles. The number of carbonyl (C=O) groups is 4. The molecule has 11 rings (SSSR count). The van der Waals surface area contributed by atoms with Crippen molar-refractivity contribution in [3.8, 4) is 0 Å². The van der Waals surface area contributed by atoms with E-state index in [1.54, 1.807) is 20.2 Å². The van der Waals surface area contributed by atoms with Gasteiger partial charge in [0, 0.05) is 41.5 Å². The van der Waals surface area contributed by atoms with Crippen molar-refractivity contribution in [3.05, 3.63) is 189 Å². The van der Waals surface area contributed by atoms with Crippen LogP contribution in [0.15, 0.2) is 146 Å². The monoisotopic (exact) mass is 1840 g/mol. The van der Waals surface area contributed by atoms with E-state index in [0.717, 1.165) is 49.8 Å². The van der Waals surface area contributed by atoms with Crippen molar-refractivity contribution in [2.75, 3.05) is 46.1 Å². The van der Waals surface area contributed by atoms with Crippen molar-refractivity contribution in [2.45, 2.75) is 286 Å². The average Bonchev–Trinajstić information content (AvgIpc) is 1.36. The van der Waals surface area contributed by atoms with E-state index in [4.69, 9.17) is 18.9 Å². The van der Waals surface area contributed by atoms with Crippen LogP contribution in [0.2, 0.25) is 17.7 Å². The van der Waals surface area contributed by atoms with Gasteiger partial charge in [0.15, 0.2) is 0 Å². The molecule has 620 valence electrons. The molecule has 22 heteroatoms. The molecule has 0 N–H and O–H groups in total. The molecule has 4 aromatic rings. The standard InChI is InChI=1S/C21H29NO3S.C18H24INO3S.C18H25NO3S.C18H23NO3S.3C4H9.C3H5.Sn/c1-6-10-16-14-22(26(24)20(3,4)5)18-13-15-11-8-9-12-17(15)21(16,18)19(23)25-7-2;1-5-23-17(21)14-10-11-20(24(22)18(2,3)4)16(14)12-13-8-6-7-9-15(13)19;2*1-5-22-16(20)18-10-11-19(23(21)17(2,3)4)15(18)12-13-8-6-7-9-14(13)18;3*1-3-4-2;1-3-2;/h6,8-9,11-12,16,18H,1,7,10,13-14H2,2-5H3;6-10,16H,5,11-12H2,1-4H3;6-9,15H,5,10-12H2,1-4H3;6-11,15H,5,12H2,1-4H3;3*1,3-4H2,2H3;3H,1-2H2;/t16-,18+,21+,26+;16-,24-;2*15-,18-,23-;;;;;/m1000...../s1. The number of allylic oxidation sites excluding steroid dienone is 2. The third-order valence-corrected chi connectivity index (χ3v) is 46.6. The SMILES string of the molecule is C=CC[C@@H]1CN([S@@](=O)C(C)(C)C)[C@H]2Cc3ccccc3[C@@]12C(=O)OCC.C=C[CH2][Sn]([CH2]CCC)([CH2]CCC)[CH2]CCC.CCOC(=O)C1=CCN([S@@](=O)C(C)(C)C)[C@H]1Cc1ccccc1I.CCOC(=O)[C@]12C=CN([S@@](=O)C(C)(C)C)[C@H]1Cc1ccccc12.CCOC(=O)[C@]12CCN([S@@](=O)C(C)(C)C)[C@H]1Cc1ccccc12. The van der Waals surface area contributed by atoms with Crippen molar-refractivity contribution in [1.29, 1.82) is 0 Å². The first-order valence-electron chi connectivity index (χ1n) is 41.0. The molecule has 2 fully saturated rings. The largest absolute Gasteiger partial charge is 0.465 e. The number of hydrogen-bond donors (Lipinski definition) is 0. The van der Waals surface area contributed by atoms with Crippen LogP contribution in [0.4, 0.5) is 0 Å². The zero-order valence-electron chi connectivity index (χ0n) is 70.9. The first kappa shape index (κ1) is 94.7. The summed E-state index contributed by atoms with van der Waals surface area (Å²) < 4.78 is 87.5. The number of halogens is 1. The normalized spacial score (nSPS) is 24.0.